The van der Waals surface area contributed by atoms with Crippen molar-refractivity contribution in [2.24, 2.45) is 17.8 Å². The van der Waals surface area contributed by atoms with Crippen LogP contribution in [0.25, 0.3) is 11.1 Å². The molecule has 11 heteroatoms. The first-order valence-corrected chi connectivity index (χ1v) is 12.2. The van der Waals surface area contributed by atoms with E-state index < -0.39 is 57.0 Å². The smallest absolute Gasteiger partial charge is 0.336 e. The van der Waals surface area contributed by atoms with Crippen LogP contribution in [-0.2, 0) is 34.6 Å². The van der Waals surface area contributed by atoms with E-state index >= 15 is 8.78 Å². The normalized spacial score (nSPS) is 31.0. The molecule has 5 unspecified atom stereocenters. The maximum Gasteiger partial charge on any atom is 0.434 e. The molecule has 1 heterocycles. The number of benzene rings is 2. The Labute approximate surface area is 192 Å². The molecular formula is C23H20F4O6S. The van der Waals surface area contributed by atoms with Crippen molar-refractivity contribution in [1.29, 1.82) is 0 Å². The molecule has 5 atom stereocenters. The lowest BCUT2D eigenvalue weighted by molar-refractivity contribution is -0.231. The van der Waals surface area contributed by atoms with E-state index in [1.807, 2.05) is 48.5 Å². The molecular weight excluding hydrogens is 480 g/mol. The van der Waals surface area contributed by atoms with Crippen molar-refractivity contribution in [3.8, 4) is 11.1 Å². The molecule has 6 nitrogen and oxygen atoms in total. The van der Waals surface area contributed by atoms with Crippen LogP contribution in [0.1, 0.15) is 24.0 Å². The average Bonchev–Trinajstić information content (AvgIpc) is 3.54. The molecule has 0 radical (unpaired) electrons. The Bertz CT molecular complexity index is 1220. The first kappa shape index (κ1) is 22.4. The van der Waals surface area contributed by atoms with Gasteiger partial charge in [0.25, 0.3) is 0 Å². The Morgan fingerprint density at radius 2 is 1.47 bits per heavy atom. The van der Waals surface area contributed by atoms with Crippen molar-refractivity contribution in [2.45, 2.75) is 42.0 Å². The third kappa shape index (κ3) is 2.62. The highest BCUT2D eigenvalue weighted by molar-refractivity contribution is 7.87. The molecule has 1 spiro atoms. The van der Waals surface area contributed by atoms with E-state index in [2.05, 4.69) is 9.22 Å². The van der Waals surface area contributed by atoms with Gasteiger partial charge in [0, 0.05) is 17.0 Å². The van der Waals surface area contributed by atoms with Gasteiger partial charge in [-0.3, -0.25) is 0 Å². The van der Waals surface area contributed by atoms with Crippen molar-refractivity contribution in [1.82, 2.24) is 0 Å². The maximum atomic E-state index is 15.1. The number of fused-ring (bicyclic) bond motifs is 10. The fraction of sp³-hybridized carbons (Fsp3) is 0.478. The molecule has 182 valence electrons. The van der Waals surface area contributed by atoms with E-state index in [1.54, 1.807) is 0 Å². The van der Waals surface area contributed by atoms with Crippen molar-refractivity contribution < 1.29 is 44.7 Å². The lowest BCUT2D eigenvalue weighted by Gasteiger charge is -2.37. The van der Waals surface area contributed by atoms with E-state index in [0.717, 1.165) is 22.3 Å². The van der Waals surface area contributed by atoms with Gasteiger partial charge in [-0.25, -0.2) is 4.89 Å². The Hall–Kier alpha value is -2.05. The Balaban J connectivity index is 1.36. The molecule has 2 saturated carbocycles. The molecule has 2 aromatic rings. The van der Waals surface area contributed by atoms with Gasteiger partial charge in [0.1, 0.15) is 0 Å². The fourth-order valence-corrected chi connectivity index (χ4v) is 7.07. The zero-order valence-electron chi connectivity index (χ0n) is 17.8. The van der Waals surface area contributed by atoms with Crippen LogP contribution in [0.15, 0.2) is 48.5 Å². The van der Waals surface area contributed by atoms with Crippen LogP contribution in [0, 0.1) is 17.8 Å². The number of hydrogen-bond donors (Lipinski definition) is 0. The van der Waals surface area contributed by atoms with Gasteiger partial charge >= 0.3 is 21.3 Å². The van der Waals surface area contributed by atoms with E-state index in [9.17, 15) is 17.2 Å². The standard InChI is InChI=1S/C23H20F4O6S/c1-30-33-34(28,29)23(26,27)22(24,25)18-11-12-10-15(18)20-19(12)31-21(32-20)16-8-4-2-6-13(16)14-7-3-5-9-17(14)21/h2-9,12,15,18-20H,10-11H2,1H3. The lowest BCUT2D eigenvalue weighted by Crippen LogP contribution is -2.55. The molecule has 6 rings (SSSR count). The van der Waals surface area contributed by atoms with Gasteiger partial charge in [0.2, 0.25) is 5.79 Å². The molecule has 0 amide bonds. The van der Waals surface area contributed by atoms with Crippen molar-refractivity contribution in [2.75, 3.05) is 7.11 Å². The largest absolute Gasteiger partial charge is 0.434 e. The summed E-state index contributed by atoms with van der Waals surface area (Å²) in [6.45, 7) is 0. The number of alkyl halides is 4. The van der Waals surface area contributed by atoms with Crippen molar-refractivity contribution in [3.05, 3.63) is 59.7 Å². The first-order chi connectivity index (χ1) is 16.0. The van der Waals surface area contributed by atoms with Crippen LogP contribution in [0.3, 0.4) is 0 Å². The van der Waals surface area contributed by atoms with Crippen LogP contribution >= 0.6 is 0 Å². The quantitative estimate of drug-likeness (QED) is 0.344. The second kappa shape index (κ2) is 7.01. The molecule has 0 aromatic heterocycles. The number of rotatable bonds is 5. The summed E-state index contributed by atoms with van der Waals surface area (Å²) in [6, 6.07) is 14.9. The summed E-state index contributed by atoms with van der Waals surface area (Å²) in [7, 11) is -5.38. The van der Waals surface area contributed by atoms with Crippen LogP contribution in [0.2, 0.25) is 0 Å². The van der Waals surface area contributed by atoms with Gasteiger partial charge in [-0.1, -0.05) is 48.5 Å². The highest BCUT2D eigenvalue weighted by Crippen LogP contribution is 2.65. The fourth-order valence-electron chi connectivity index (χ4n) is 6.32. The lowest BCUT2D eigenvalue weighted by atomic mass is 9.81. The number of hydrogen-bond acceptors (Lipinski definition) is 6. The van der Waals surface area contributed by atoms with Crippen LogP contribution in [0.4, 0.5) is 17.6 Å². The minimum atomic E-state index is -6.02. The first-order valence-electron chi connectivity index (χ1n) is 10.8. The molecule has 1 saturated heterocycles. The monoisotopic (exact) mass is 500 g/mol. The SMILES string of the molecule is COOS(=O)(=O)C(F)(F)C(F)(F)C1CC2CC1C1OC3(OC21)c1ccccc1-c1ccccc13. The van der Waals surface area contributed by atoms with E-state index in [0.29, 0.717) is 7.11 Å². The Morgan fingerprint density at radius 1 is 0.912 bits per heavy atom. The molecule has 3 fully saturated rings. The minimum absolute atomic E-state index is 0.177. The molecule has 0 N–H and O–H groups in total. The van der Waals surface area contributed by atoms with Crippen molar-refractivity contribution >= 4 is 10.1 Å². The third-order valence-electron chi connectivity index (χ3n) is 7.64. The van der Waals surface area contributed by atoms with Gasteiger partial charge in [0.15, 0.2) is 0 Å². The predicted molar refractivity (Wildman–Crippen MR) is 109 cm³/mol. The third-order valence-corrected chi connectivity index (χ3v) is 8.86. The topological polar surface area (TPSA) is 71.1 Å². The average molecular weight is 500 g/mol. The Kier molecular flexibility index (Phi) is 4.62. The zero-order chi connectivity index (χ0) is 24.1. The number of ether oxygens (including phenoxy) is 2. The predicted octanol–water partition coefficient (Wildman–Crippen LogP) is 4.44. The van der Waals surface area contributed by atoms with Crippen LogP contribution in [0.5, 0.6) is 0 Å². The summed E-state index contributed by atoms with van der Waals surface area (Å²) in [5.74, 6) is -9.66. The van der Waals surface area contributed by atoms with Gasteiger partial charge in [0.05, 0.1) is 19.3 Å². The van der Waals surface area contributed by atoms with Crippen LogP contribution in [-0.4, -0.2) is 38.9 Å². The summed E-state index contributed by atoms with van der Waals surface area (Å²) in [4.78, 5) is 3.77. The van der Waals surface area contributed by atoms with E-state index in [4.69, 9.17) is 9.47 Å². The number of halogens is 4. The summed E-state index contributed by atoms with van der Waals surface area (Å²) in [5, 5.41) is -5.48. The molecule has 4 aliphatic rings. The minimum Gasteiger partial charge on any atom is -0.336 e. The second-order valence-corrected chi connectivity index (χ2v) is 10.8. The highest BCUT2D eigenvalue weighted by atomic mass is 32.2. The summed E-state index contributed by atoms with van der Waals surface area (Å²) in [5.41, 5.74) is 3.24. The highest BCUT2D eigenvalue weighted by Gasteiger charge is 2.76. The Morgan fingerprint density at radius 3 is 2.06 bits per heavy atom. The van der Waals surface area contributed by atoms with Gasteiger partial charge in [-0.05, 0) is 35.8 Å². The summed E-state index contributed by atoms with van der Waals surface area (Å²) in [6.07, 6.45) is -1.61. The summed E-state index contributed by atoms with van der Waals surface area (Å²) >= 11 is 0. The maximum absolute atomic E-state index is 15.1. The van der Waals surface area contributed by atoms with Gasteiger partial charge in [-0.15, -0.1) is 4.33 Å². The van der Waals surface area contributed by atoms with Crippen LogP contribution < -0.4 is 0 Å². The zero-order valence-corrected chi connectivity index (χ0v) is 18.6. The summed E-state index contributed by atoms with van der Waals surface area (Å²) < 4.78 is 99.2. The molecule has 3 aliphatic carbocycles. The molecule has 2 aromatic carbocycles. The molecule has 1 aliphatic heterocycles. The van der Waals surface area contributed by atoms with Crippen molar-refractivity contribution in [3.63, 3.8) is 0 Å². The molecule has 34 heavy (non-hydrogen) atoms. The van der Waals surface area contributed by atoms with Gasteiger partial charge in [-0.2, -0.15) is 26.0 Å². The van der Waals surface area contributed by atoms with E-state index in [-0.39, 0.29) is 12.8 Å². The molecule has 2 bridgehead atoms. The van der Waals surface area contributed by atoms with E-state index in [1.165, 1.54) is 0 Å². The van der Waals surface area contributed by atoms with Gasteiger partial charge < -0.3 is 9.47 Å². The second-order valence-electron chi connectivity index (χ2n) is 9.20.